The lowest BCUT2D eigenvalue weighted by Crippen LogP contribution is -2.12. The molecule has 56 valence electrons. The van der Waals surface area contributed by atoms with Gasteiger partial charge in [0.15, 0.2) is 0 Å². The van der Waals surface area contributed by atoms with E-state index >= 15 is 0 Å². The molecule has 10 heavy (non-hydrogen) atoms. The molecular formula is C7H12N2S. The van der Waals surface area contributed by atoms with Gasteiger partial charge in [-0.25, -0.2) is 0 Å². The van der Waals surface area contributed by atoms with Gasteiger partial charge in [0.1, 0.15) is 0 Å². The zero-order valence-electron chi connectivity index (χ0n) is 6.05. The summed E-state index contributed by atoms with van der Waals surface area (Å²) in [6, 6.07) is 2.08. The summed E-state index contributed by atoms with van der Waals surface area (Å²) >= 11 is 1.75. The third kappa shape index (κ3) is 1.72. The van der Waals surface area contributed by atoms with Crippen LogP contribution >= 0.6 is 11.3 Å². The van der Waals surface area contributed by atoms with Gasteiger partial charge in [-0.05, 0) is 18.4 Å². The van der Waals surface area contributed by atoms with E-state index in [-0.39, 0.29) is 0 Å². The number of nitrogens with one attached hydrogen (secondary N) is 1. The fraction of sp³-hybridized carbons (Fsp3) is 0.429. The zero-order valence-corrected chi connectivity index (χ0v) is 6.87. The standard InChI is InChI=1S/C7H12N2S/c1-6-7(2-5-10-6)9-4-3-8/h2,5,9H,3-4,8H2,1H3. The van der Waals surface area contributed by atoms with Crippen LogP contribution in [0.25, 0.3) is 0 Å². The summed E-state index contributed by atoms with van der Waals surface area (Å²) in [5, 5.41) is 5.31. The van der Waals surface area contributed by atoms with Gasteiger partial charge >= 0.3 is 0 Å². The van der Waals surface area contributed by atoms with Gasteiger partial charge in [-0.3, -0.25) is 0 Å². The molecule has 3 heteroatoms. The van der Waals surface area contributed by atoms with Gasteiger partial charge < -0.3 is 11.1 Å². The highest BCUT2D eigenvalue weighted by Gasteiger charge is 1.94. The summed E-state index contributed by atoms with van der Waals surface area (Å²) in [5.74, 6) is 0. The van der Waals surface area contributed by atoms with Crippen LogP contribution in [-0.4, -0.2) is 13.1 Å². The van der Waals surface area contributed by atoms with E-state index in [2.05, 4.69) is 23.7 Å². The maximum Gasteiger partial charge on any atom is 0.0479 e. The highest BCUT2D eigenvalue weighted by atomic mass is 32.1. The fourth-order valence-corrected chi connectivity index (χ4v) is 1.45. The molecule has 3 N–H and O–H groups in total. The smallest absolute Gasteiger partial charge is 0.0479 e. The molecule has 0 fully saturated rings. The monoisotopic (exact) mass is 156 g/mol. The lowest BCUT2D eigenvalue weighted by atomic mass is 10.4. The minimum atomic E-state index is 0.690. The summed E-state index contributed by atoms with van der Waals surface area (Å²) < 4.78 is 0. The topological polar surface area (TPSA) is 38.0 Å². The molecule has 1 rings (SSSR count). The predicted octanol–water partition coefficient (Wildman–Crippen LogP) is 1.43. The van der Waals surface area contributed by atoms with E-state index in [9.17, 15) is 0 Å². The van der Waals surface area contributed by atoms with Crippen molar-refractivity contribution in [2.24, 2.45) is 5.73 Å². The van der Waals surface area contributed by atoms with Gasteiger partial charge in [0.25, 0.3) is 0 Å². The van der Waals surface area contributed by atoms with Crippen molar-refractivity contribution in [1.29, 1.82) is 0 Å². The van der Waals surface area contributed by atoms with Crippen molar-refractivity contribution in [3.8, 4) is 0 Å². The SMILES string of the molecule is Cc1sccc1NCCN. The molecule has 0 bridgehead atoms. The summed E-state index contributed by atoms with van der Waals surface area (Å²) in [4.78, 5) is 1.33. The van der Waals surface area contributed by atoms with Crippen LogP contribution in [0.15, 0.2) is 11.4 Å². The Bertz CT molecular complexity index is 195. The predicted molar refractivity (Wildman–Crippen MR) is 46.6 cm³/mol. The van der Waals surface area contributed by atoms with E-state index < -0.39 is 0 Å². The summed E-state index contributed by atoms with van der Waals surface area (Å²) in [6.45, 7) is 3.65. The molecule has 1 aromatic heterocycles. The Morgan fingerprint density at radius 3 is 3.00 bits per heavy atom. The van der Waals surface area contributed by atoms with Gasteiger partial charge in [-0.1, -0.05) is 0 Å². The van der Waals surface area contributed by atoms with Crippen molar-refractivity contribution in [1.82, 2.24) is 0 Å². The Labute approximate surface area is 65.1 Å². The van der Waals surface area contributed by atoms with Crippen molar-refractivity contribution in [2.75, 3.05) is 18.4 Å². The molecule has 1 heterocycles. The number of anilines is 1. The molecule has 0 spiro atoms. The van der Waals surface area contributed by atoms with Crippen LogP contribution in [0.3, 0.4) is 0 Å². The van der Waals surface area contributed by atoms with Crippen molar-refractivity contribution >= 4 is 17.0 Å². The Morgan fingerprint density at radius 1 is 1.70 bits per heavy atom. The second-order valence-electron chi connectivity index (χ2n) is 2.11. The van der Waals surface area contributed by atoms with Crippen molar-refractivity contribution in [3.63, 3.8) is 0 Å². The first-order chi connectivity index (χ1) is 4.84. The first-order valence-corrected chi connectivity index (χ1v) is 4.20. The van der Waals surface area contributed by atoms with E-state index in [0.29, 0.717) is 6.54 Å². The average molecular weight is 156 g/mol. The van der Waals surface area contributed by atoms with Crippen LogP contribution in [0.1, 0.15) is 4.88 Å². The third-order valence-corrected chi connectivity index (χ3v) is 2.16. The van der Waals surface area contributed by atoms with Crippen LogP contribution in [0.4, 0.5) is 5.69 Å². The van der Waals surface area contributed by atoms with Gasteiger partial charge in [0.05, 0.1) is 0 Å². The molecule has 0 radical (unpaired) electrons. The summed E-state index contributed by atoms with van der Waals surface area (Å²) in [7, 11) is 0. The number of hydrogen-bond acceptors (Lipinski definition) is 3. The van der Waals surface area contributed by atoms with Crippen molar-refractivity contribution < 1.29 is 0 Å². The van der Waals surface area contributed by atoms with Crippen molar-refractivity contribution in [3.05, 3.63) is 16.3 Å². The molecule has 0 unspecified atom stereocenters. The number of aryl methyl sites for hydroxylation is 1. The van der Waals surface area contributed by atoms with Gasteiger partial charge in [0.2, 0.25) is 0 Å². The molecular weight excluding hydrogens is 144 g/mol. The van der Waals surface area contributed by atoms with E-state index in [4.69, 9.17) is 5.73 Å². The maximum atomic E-state index is 5.34. The quantitative estimate of drug-likeness (QED) is 0.694. The summed E-state index contributed by atoms with van der Waals surface area (Å²) in [5.41, 5.74) is 6.55. The lowest BCUT2D eigenvalue weighted by molar-refractivity contribution is 1.02. The molecule has 0 aliphatic rings. The molecule has 0 saturated heterocycles. The molecule has 1 aromatic rings. The van der Waals surface area contributed by atoms with Gasteiger partial charge in [0, 0.05) is 23.7 Å². The van der Waals surface area contributed by atoms with Crippen LogP contribution < -0.4 is 11.1 Å². The Hall–Kier alpha value is -0.540. The van der Waals surface area contributed by atoms with Crippen LogP contribution in [0, 0.1) is 6.92 Å². The van der Waals surface area contributed by atoms with E-state index in [1.807, 2.05) is 0 Å². The Balaban J connectivity index is 2.49. The fourth-order valence-electron chi connectivity index (χ4n) is 0.775. The first kappa shape index (κ1) is 7.57. The number of hydrogen-bond donors (Lipinski definition) is 2. The number of thiophene rings is 1. The highest BCUT2D eigenvalue weighted by molar-refractivity contribution is 7.10. The molecule has 0 aliphatic heterocycles. The Kier molecular flexibility index (Phi) is 2.71. The molecule has 0 atom stereocenters. The van der Waals surface area contributed by atoms with Crippen molar-refractivity contribution in [2.45, 2.75) is 6.92 Å². The second kappa shape index (κ2) is 3.58. The van der Waals surface area contributed by atoms with Crippen LogP contribution in [-0.2, 0) is 0 Å². The van der Waals surface area contributed by atoms with Gasteiger partial charge in [-0.2, -0.15) is 0 Å². The lowest BCUT2D eigenvalue weighted by Gasteiger charge is -2.01. The molecule has 0 aromatic carbocycles. The van der Waals surface area contributed by atoms with Crippen LogP contribution in [0.5, 0.6) is 0 Å². The largest absolute Gasteiger partial charge is 0.383 e. The third-order valence-electron chi connectivity index (χ3n) is 1.32. The minimum Gasteiger partial charge on any atom is -0.383 e. The Morgan fingerprint density at radius 2 is 2.50 bits per heavy atom. The summed E-state index contributed by atoms with van der Waals surface area (Å²) in [6.07, 6.45) is 0. The molecule has 2 nitrogen and oxygen atoms in total. The van der Waals surface area contributed by atoms with Gasteiger partial charge in [-0.15, -0.1) is 11.3 Å². The minimum absolute atomic E-state index is 0.690. The maximum absolute atomic E-state index is 5.34. The normalized spacial score (nSPS) is 9.80. The average Bonchev–Trinajstić information content (AvgIpc) is 2.31. The molecule has 0 aliphatic carbocycles. The van der Waals surface area contributed by atoms with E-state index in [1.54, 1.807) is 11.3 Å². The second-order valence-corrected chi connectivity index (χ2v) is 3.23. The first-order valence-electron chi connectivity index (χ1n) is 3.32. The zero-order chi connectivity index (χ0) is 7.40. The number of nitrogens with two attached hydrogens (primary N) is 1. The highest BCUT2D eigenvalue weighted by Crippen LogP contribution is 2.19. The number of rotatable bonds is 3. The van der Waals surface area contributed by atoms with E-state index in [1.165, 1.54) is 10.6 Å². The van der Waals surface area contributed by atoms with Crippen LogP contribution in [0.2, 0.25) is 0 Å². The molecule has 0 amide bonds. The molecule has 0 saturated carbocycles. The van der Waals surface area contributed by atoms with E-state index in [0.717, 1.165) is 6.54 Å².